The Balaban J connectivity index is 1.79. The maximum atomic E-state index is 4.85. The van der Waals surface area contributed by atoms with Gasteiger partial charge in [0.1, 0.15) is 11.5 Å². The van der Waals surface area contributed by atoms with Gasteiger partial charge in [-0.25, -0.2) is 9.97 Å². The Labute approximate surface area is 164 Å². The lowest BCUT2D eigenvalue weighted by Crippen LogP contribution is -2.19. The molecule has 28 heavy (non-hydrogen) atoms. The van der Waals surface area contributed by atoms with Crippen molar-refractivity contribution < 1.29 is 0 Å². The number of anilines is 1. The van der Waals surface area contributed by atoms with Gasteiger partial charge in [0.05, 0.1) is 23.3 Å². The van der Waals surface area contributed by atoms with Crippen molar-refractivity contribution in [2.45, 2.75) is 26.8 Å². The van der Waals surface area contributed by atoms with E-state index in [-0.39, 0.29) is 0 Å². The number of aryl methyl sites for hydroxylation is 3. The summed E-state index contributed by atoms with van der Waals surface area (Å²) in [7, 11) is 3.92. The predicted octanol–water partition coefficient (Wildman–Crippen LogP) is 3.33. The Morgan fingerprint density at radius 1 is 1.07 bits per heavy atom. The molecule has 4 aromatic rings. The number of nitrogens with zero attached hydrogens (tertiary/aromatic N) is 7. The van der Waals surface area contributed by atoms with Crippen molar-refractivity contribution in [3.05, 3.63) is 59.7 Å². The van der Waals surface area contributed by atoms with Crippen molar-refractivity contribution in [2.75, 3.05) is 11.9 Å². The fourth-order valence-corrected chi connectivity index (χ4v) is 3.28. The van der Waals surface area contributed by atoms with Crippen LogP contribution in [0.1, 0.15) is 23.9 Å². The summed E-state index contributed by atoms with van der Waals surface area (Å²) in [4.78, 5) is 20.7. The molecule has 0 bridgehead atoms. The van der Waals surface area contributed by atoms with Gasteiger partial charge in [-0.3, -0.25) is 14.6 Å². The molecule has 7 nitrogen and oxygen atoms in total. The van der Waals surface area contributed by atoms with Crippen LogP contribution in [0.15, 0.2) is 42.7 Å². The van der Waals surface area contributed by atoms with Crippen LogP contribution < -0.4 is 4.90 Å². The highest BCUT2D eigenvalue weighted by Crippen LogP contribution is 2.29. The molecular formula is C21H23N7. The van der Waals surface area contributed by atoms with Gasteiger partial charge < -0.3 is 4.90 Å². The Bertz CT molecular complexity index is 1100. The molecule has 4 rings (SSSR count). The van der Waals surface area contributed by atoms with E-state index >= 15 is 0 Å². The lowest BCUT2D eigenvalue weighted by atomic mass is 10.2. The predicted molar refractivity (Wildman–Crippen MR) is 110 cm³/mol. The Kier molecular flexibility index (Phi) is 4.73. The molecular weight excluding hydrogens is 350 g/mol. The maximum Gasteiger partial charge on any atom is 0.182 e. The summed E-state index contributed by atoms with van der Waals surface area (Å²) < 4.78 is 1.80. The number of fused-ring (bicyclic) bond motifs is 1. The first kappa shape index (κ1) is 18.0. The number of hydrogen-bond acceptors (Lipinski definition) is 6. The van der Waals surface area contributed by atoms with Crippen molar-refractivity contribution in [3.8, 4) is 11.5 Å². The monoisotopic (exact) mass is 373 g/mol. The summed E-state index contributed by atoms with van der Waals surface area (Å²) in [6.07, 6.45) is 4.67. The zero-order valence-corrected chi connectivity index (χ0v) is 16.6. The molecule has 0 radical (unpaired) electrons. The third-order valence-corrected chi connectivity index (χ3v) is 4.79. The fraction of sp³-hybridized carbons (Fsp3) is 0.286. The number of rotatable bonds is 5. The quantitative estimate of drug-likeness (QED) is 0.534. The topological polar surface area (TPSA) is 72.6 Å². The second-order valence-electron chi connectivity index (χ2n) is 6.86. The molecule has 7 heteroatoms. The summed E-state index contributed by atoms with van der Waals surface area (Å²) in [5, 5.41) is 5.50. The average molecular weight is 373 g/mol. The molecule has 0 amide bonds. The molecule has 0 N–H and O–H groups in total. The summed E-state index contributed by atoms with van der Waals surface area (Å²) in [6, 6.07) is 9.94. The number of aromatic nitrogens is 6. The van der Waals surface area contributed by atoms with Gasteiger partial charge in [0, 0.05) is 26.5 Å². The van der Waals surface area contributed by atoms with Crippen LogP contribution in [-0.2, 0) is 20.0 Å². The van der Waals surface area contributed by atoms with E-state index in [1.165, 1.54) is 5.56 Å². The van der Waals surface area contributed by atoms with Crippen LogP contribution in [0.4, 0.5) is 5.82 Å². The van der Waals surface area contributed by atoms with Crippen LogP contribution in [0.3, 0.4) is 0 Å². The van der Waals surface area contributed by atoms with E-state index in [0.29, 0.717) is 12.4 Å². The highest BCUT2D eigenvalue weighted by atomic mass is 15.3. The van der Waals surface area contributed by atoms with Gasteiger partial charge in [0.25, 0.3) is 0 Å². The summed E-state index contributed by atoms with van der Waals surface area (Å²) in [6.45, 7) is 4.76. The number of hydrogen-bond donors (Lipinski definition) is 0. The molecule has 0 saturated carbocycles. The van der Waals surface area contributed by atoms with E-state index in [1.807, 2.05) is 45.4 Å². The van der Waals surface area contributed by atoms with Crippen LogP contribution in [-0.4, -0.2) is 36.8 Å². The molecule has 142 valence electrons. The van der Waals surface area contributed by atoms with Crippen LogP contribution in [0.25, 0.3) is 22.6 Å². The van der Waals surface area contributed by atoms with Crippen LogP contribution in [0.2, 0.25) is 0 Å². The standard InChI is InChI=1S/C21H23N7/c1-5-15-9-10-16(23-12-15)13-27(3)20-18-14(2)26-28(4)21(18)25-19(24-20)17-8-6-7-11-22-17/h6-12H,5,13H2,1-4H3. The molecule has 0 spiro atoms. The minimum Gasteiger partial charge on any atom is -0.353 e. The molecule has 0 saturated heterocycles. The summed E-state index contributed by atoms with van der Waals surface area (Å²) in [5.41, 5.74) is 4.66. The van der Waals surface area contributed by atoms with Crippen LogP contribution in [0.5, 0.6) is 0 Å². The lowest BCUT2D eigenvalue weighted by Gasteiger charge is -2.19. The molecule has 0 aliphatic rings. The van der Waals surface area contributed by atoms with Crippen molar-refractivity contribution in [1.29, 1.82) is 0 Å². The van der Waals surface area contributed by atoms with Gasteiger partial charge in [0.2, 0.25) is 0 Å². The average Bonchev–Trinajstić information content (AvgIpc) is 3.02. The third-order valence-electron chi connectivity index (χ3n) is 4.79. The summed E-state index contributed by atoms with van der Waals surface area (Å²) >= 11 is 0. The molecule has 0 aliphatic heterocycles. The van der Waals surface area contributed by atoms with E-state index in [4.69, 9.17) is 9.97 Å². The number of pyridine rings is 2. The molecule has 0 atom stereocenters. The first-order valence-electron chi connectivity index (χ1n) is 9.34. The largest absolute Gasteiger partial charge is 0.353 e. The van der Waals surface area contributed by atoms with E-state index < -0.39 is 0 Å². The van der Waals surface area contributed by atoms with E-state index in [0.717, 1.165) is 40.4 Å². The minimum atomic E-state index is 0.590. The first-order chi connectivity index (χ1) is 13.6. The highest BCUT2D eigenvalue weighted by Gasteiger charge is 2.19. The minimum absolute atomic E-state index is 0.590. The Morgan fingerprint density at radius 2 is 1.93 bits per heavy atom. The SMILES string of the molecule is CCc1ccc(CN(C)c2nc(-c3ccccn3)nc3c2c(C)nn3C)nc1. The Morgan fingerprint density at radius 3 is 2.61 bits per heavy atom. The van der Waals surface area contributed by atoms with Gasteiger partial charge >= 0.3 is 0 Å². The van der Waals surface area contributed by atoms with Gasteiger partial charge in [-0.2, -0.15) is 5.10 Å². The first-order valence-corrected chi connectivity index (χ1v) is 9.34. The molecule has 4 aromatic heterocycles. The Hall–Kier alpha value is -3.35. The van der Waals surface area contributed by atoms with Gasteiger partial charge in [-0.05, 0) is 37.1 Å². The molecule has 0 fully saturated rings. The van der Waals surface area contributed by atoms with Crippen LogP contribution in [0, 0.1) is 6.92 Å². The lowest BCUT2D eigenvalue weighted by molar-refractivity contribution is 0.773. The maximum absolute atomic E-state index is 4.85. The third kappa shape index (κ3) is 3.31. The zero-order chi connectivity index (χ0) is 19.7. The molecule has 0 unspecified atom stereocenters. The molecule has 4 heterocycles. The summed E-state index contributed by atoms with van der Waals surface area (Å²) in [5.74, 6) is 1.42. The van der Waals surface area contributed by atoms with Gasteiger partial charge in [-0.15, -0.1) is 0 Å². The van der Waals surface area contributed by atoms with Crippen molar-refractivity contribution >= 4 is 16.9 Å². The highest BCUT2D eigenvalue weighted by molar-refractivity contribution is 5.91. The fourth-order valence-electron chi connectivity index (χ4n) is 3.28. The van der Waals surface area contributed by atoms with E-state index in [1.54, 1.807) is 10.9 Å². The van der Waals surface area contributed by atoms with Crippen molar-refractivity contribution in [2.24, 2.45) is 7.05 Å². The van der Waals surface area contributed by atoms with E-state index in [2.05, 4.69) is 39.0 Å². The van der Waals surface area contributed by atoms with Crippen molar-refractivity contribution in [3.63, 3.8) is 0 Å². The van der Waals surface area contributed by atoms with Gasteiger partial charge in [0.15, 0.2) is 11.5 Å². The zero-order valence-electron chi connectivity index (χ0n) is 16.6. The van der Waals surface area contributed by atoms with E-state index in [9.17, 15) is 0 Å². The second-order valence-corrected chi connectivity index (χ2v) is 6.86. The normalized spacial score (nSPS) is 11.1. The second kappa shape index (κ2) is 7.34. The van der Waals surface area contributed by atoms with Gasteiger partial charge in [-0.1, -0.05) is 19.1 Å². The van der Waals surface area contributed by atoms with Crippen LogP contribution >= 0.6 is 0 Å². The smallest absolute Gasteiger partial charge is 0.182 e. The molecule has 0 aliphatic carbocycles. The van der Waals surface area contributed by atoms with Crippen molar-refractivity contribution in [1.82, 2.24) is 29.7 Å². The molecule has 0 aromatic carbocycles.